The van der Waals surface area contributed by atoms with Gasteiger partial charge >= 0.3 is 0 Å². The summed E-state index contributed by atoms with van der Waals surface area (Å²) in [5.74, 6) is 0.122. The van der Waals surface area contributed by atoms with Crippen LogP contribution in [0.15, 0.2) is 48.5 Å². The van der Waals surface area contributed by atoms with Gasteiger partial charge in [0.1, 0.15) is 0 Å². The van der Waals surface area contributed by atoms with E-state index >= 15 is 0 Å². The number of nitrogens with zero attached hydrogens (tertiary/aromatic N) is 2. The van der Waals surface area contributed by atoms with Crippen molar-refractivity contribution in [2.75, 3.05) is 27.2 Å². The van der Waals surface area contributed by atoms with E-state index in [0.29, 0.717) is 6.04 Å². The number of hydrogen-bond donors (Lipinski definition) is 0. The van der Waals surface area contributed by atoms with Gasteiger partial charge in [-0.3, -0.25) is 4.79 Å². The second-order valence-corrected chi connectivity index (χ2v) is 6.68. The fraction of sp³-hybridized carbons (Fsp3) is 0.316. The molecule has 3 rings (SSSR count). The van der Waals surface area contributed by atoms with Gasteiger partial charge in [0.25, 0.3) is 5.91 Å². The van der Waals surface area contributed by atoms with Crippen LogP contribution in [0.25, 0.3) is 11.1 Å². The number of hydrogen-bond acceptors (Lipinski definition) is 2. The summed E-state index contributed by atoms with van der Waals surface area (Å²) >= 11 is 5.92. The van der Waals surface area contributed by atoms with Gasteiger partial charge in [0.2, 0.25) is 0 Å². The second kappa shape index (κ2) is 6.73. The summed E-state index contributed by atoms with van der Waals surface area (Å²) in [6, 6.07) is 16.0. The van der Waals surface area contributed by atoms with Crippen molar-refractivity contribution < 1.29 is 4.79 Å². The van der Waals surface area contributed by atoms with Crippen molar-refractivity contribution >= 4 is 17.5 Å². The predicted octanol–water partition coefficient (Wildman–Crippen LogP) is 3.78. The SMILES string of the molecule is CN(C)[C@H]1CCN(C(=O)c2ccc(-c3ccc(Cl)cc3)cc2)C1. The predicted molar refractivity (Wildman–Crippen MR) is 94.9 cm³/mol. The minimum absolute atomic E-state index is 0.122. The molecule has 23 heavy (non-hydrogen) atoms. The van der Waals surface area contributed by atoms with E-state index in [-0.39, 0.29) is 5.91 Å². The van der Waals surface area contributed by atoms with Crippen LogP contribution < -0.4 is 0 Å². The zero-order valence-corrected chi connectivity index (χ0v) is 14.3. The monoisotopic (exact) mass is 328 g/mol. The third-order valence-corrected chi connectivity index (χ3v) is 4.74. The maximum atomic E-state index is 12.6. The maximum Gasteiger partial charge on any atom is 0.253 e. The molecule has 1 aliphatic heterocycles. The first kappa shape index (κ1) is 16.0. The summed E-state index contributed by atoms with van der Waals surface area (Å²) in [5.41, 5.74) is 2.94. The van der Waals surface area contributed by atoms with Crippen molar-refractivity contribution in [3.8, 4) is 11.1 Å². The van der Waals surface area contributed by atoms with E-state index in [1.807, 2.05) is 53.4 Å². The zero-order chi connectivity index (χ0) is 16.4. The molecule has 0 saturated carbocycles. The van der Waals surface area contributed by atoms with E-state index in [4.69, 9.17) is 11.6 Å². The van der Waals surface area contributed by atoms with E-state index in [2.05, 4.69) is 19.0 Å². The number of amides is 1. The van der Waals surface area contributed by atoms with Crippen molar-refractivity contribution in [3.05, 3.63) is 59.1 Å². The van der Waals surface area contributed by atoms with Crippen LogP contribution in [0.4, 0.5) is 0 Å². The zero-order valence-electron chi connectivity index (χ0n) is 13.5. The average Bonchev–Trinajstić information content (AvgIpc) is 3.05. The molecule has 0 aromatic heterocycles. The van der Waals surface area contributed by atoms with E-state index in [1.165, 1.54) is 0 Å². The van der Waals surface area contributed by atoms with Gasteiger partial charge in [0, 0.05) is 29.7 Å². The van der Waals surface area contributed by atoms with Gasteiger partial charge in [-0.1, -0.05) is 35.9 Å². The van der Waals surface area contributed by atoms with Gasteiger partial charge in [0.15, 0.2) is 0 Å². The number of likely N-dealkylation sites (N-methyl/N-ethyl adjacent to an activating group) is 1. The van der Waals surface area contributed by atoms with Gasteiger partial charge in [0.05, 0.1) is 0 Å². The van der Waals surface area contributed by atoms with E-state index < -0.39 is 0 Å². The Hall–Kier alpha value is -1.84. The molecule has 1 heterocycles. The van der Waals surface area contributed by atoms with Crippen LogP contribution in [0.5, 0.6) is 0 Å². The van der Waals surface area contributed by atoms with Crippen LogP contribution in [0, 0.1) is 0 Å². The van der Waals surface area contributed by atoms with Crippen LogP contribution in [-0.4, -0.2) is 48.9 Å². The normalized spacial score (nSPS) is 17.7. The first-order valence-corrected chi connectivity index (χ1v) is 8.24. The molecule has 0 radical (unpaired) electrons. The smallest absolute Gasteiger partial charge is 0.253 e. The Morgan fingerprint density at radius 1 is 1.04 bits per heavy atom. The number of rotatable bonds is 3. The number of carbonyl (C=O) groups is 1. The molecule has 1 aliphatic rings. The van der Waals surface area contributed by atoms with Gasteiger partial charge in [-0.15, -0.1) is 0 Å². The summed E-state index contributed by atoms with van der Waals surface area (Å²) in [7, 11) is 4.14. The van der Waals surface area contributed by atoms with Crippen molar-refractivity contribution in [2.24, 2.45) is 0 Å². The van der Waals surface area contributed by atoms with Crippen molar-refractivity contribution in [2.45, 2.75) is 12.5 Å². The lowest BCUT2D eigenvalue weighted by Gasteiger charge is -2.20. The Bertz CT molecular complexity index is 680. The first-order valence-electron chi connectivity index (χ1n) is 7.86. The molecule has 0 spiro atoms. The molecule has 1 atom stereocenters. The largest absolute Gasteiger partial charge is 0.337 e. The first-order chi connectivity index (χ1) is 11.0. The van der Waals surface area contributed by atoms with Crippen LogP contribution in [0.1, 0.15) is 16.8 Å². The summed E-state index contributed by atoms with van der Waals surface area (Å²) in [6.07, 6.45) is 1.04. The van der Waals surface area contributed by atoms with Crippen LogP contribution >= 0.6 is 11.6 Å². The second-order valence-electron chi connectivity index (χ2n) is 6.24. The molecule has 120 valence electrons. The average molecular weight is 329 g/mol. The quantitative estimate of drug-likeness (QED) is 0.856. The Kier molecular flexibility index (Phi) is 4.69. The molecule has 4 heteroatoms. The fourth-order valence-electron chi connectivity index (χ4n) is 2.98. The van der Waals surface area contributed by atoms with E-state index in [0.717, 1.165) is 41.2 Å². The highest BCUT2D eigenvalue weighted by atomic mass is 35.5. The minimum Gasteiger partial charge on any atom is -0.337 e. The number of halogens is 1. The standard InChI is InChI=1S/C19H21ClN2O/c1-21(2)18-11-12-22(13-18)19(23)16-5-3-14(4-6-16)15-7-9-17(20)10-8-15/h3-10,18H,11-13H2,1-2H3/t18-/m0/s1. The summed E-state index contributed by atoms with van der Waals surface area (Å²) in [5, 5.41) is 0.727. The molecule has 0 N–H and O–H groups in total. The third kappa shape index (κ3) is 3.57. The Balaban J connectivity index is 1.72. The van der Waals surface area contributed by atoms with Gasteiger partial charge in [-0.05, 0) is 55.9 Å². The third-order valence-electron chi connectivity index (χ3n) is 4.49. The number of likely N-dealkylation sites (tertiary alicyclic amines) is 1. The lowest BCUT2D eigenvalue weighted by atomic mass is 10.0. The van der Waals surface area contributed by atoms with E-state index in [9.17, 15) is 4.79 Å². The van der Waals surface area contributed by atoms with Crippen LogP contribution in [-0.2, 0) is 0 Å². The molecule has 3 nitrogen and oxygen atoms in total. The highest BCUT2D eigenvalue weighted by Crippen LogP contribution is 2.23. The van der Waals surface area contributed by atoms with Crippen molar-refractivity contribution in [1.82, 2.24) is 9.80 Å². The molecule has 2 aromatic rings. The van der Waals surface area contributed by atoms with Crippen LogP contribution in [0.3, 0.4) is 0 Å². The van der Waals surface area contributed by atoms with E-state index in [1.54, 1.807) is 0 Å². The molecule has 2 aromatic carbocycles. The van der Waals surface area contributed by atoms with Crippen LogP contribution in [0.2, 0.25) is 5.02 Å². The van der Waals surface area contributed by atoms with Crippen molar-refractivity contribution in [3.63, 3.8) is 0 Å². The summed E-state index contributed by atoms with van der Waals surface area (Å²) < 4.78 is 0. The molecular formula is C19H21ClN2O. The molecule has 0 unspecified atom stereocenters. The highest BCUT2D eigenvalue weighted by Gasteiger charge is 2.27. The number of benzene rings is 2. The highest BCUT2D eigenvalue weighted by molar-refractivity contribution is 6.30. The maximum absolute atomic E-state index is 12.6. The molecule has 0 bridgehead atoms. The molecule has 1 fully saturated rings. The summed E-state index contributed by atoms with van der Waals surface area (Å²) in [6.45, 7) is 1.64. The lowest BCUT2D eigenvalue weighted by Crippen LogP contribution is -2.34. The molecule has 0 aliphatic carbocycles. The Morgan fingerprint density at radius 3 is 2.13 bits per heavy atom. The lowest BCUT2D eigenvalue weighted by molar-refractivity contribution is 0.0783. The molecule has 1 amide bonds. The van der Waals surface area contributed by atoms with Gasteiger partial charge in [-0.25, -0.2) is 0 Å². The minimum atomic E-state index is 0.122. The fourth-order valence-corrected chi connectivity index (χ4v) is 3.10. The topological polar surface area (TPSA) is 23.6 Å². The molecular weight excluding hydrogens is 308 g/mol. The summed E-state index contributed by atoms with van der Waals surface area (Å²) in [4.78, 5) is 16.7. The molecule has 1 saturated heterocycles. The van der Waals surface area contributed by atoms with Gasteiger partial charge < -0.3 is 9.80 Å². The Labute approximate surface area is 142 Å². The Morgan fingerprint density at radius 2 is 1.61 bits per heavy atom. The van der Waals surface area contributed by atoms with Crippen molar-refractivity contribution in [1.29, 1.82) is 0 Å². The van der Waals surface area contributed by atoms with Gasteiger partial charge in [-0.2, -0.15) is 0 Å². The number of carbonyl (C=O) groups excluding carboxylic acids is 1.